The highest BCUT2D eigenvalue weighted by Crippen LogP contribution is 2.25. The van der Waals surface area contributed by atoms with Gasteiger partial charge in [-0.1, -0.05) is 54.1 Å². The van der Waals surface area contributed by atoms with Gasteiger partial charge in [0.1, 0.15) is 11.3 Å². The molecule has 1 amide bonds. The number of hydrogen-bond donors (Lipinski definition) is 2. The van der Waals surface area contributed by atoms with E-state index in [9.17, 15) is 9.59 Å². The van der Waals surface area contributed by atoms with Crippen LogP contribution in [0.4, 0.5) is 11.4 Å². The molecule has 0 aliphatic rings. The van der Waals surface area contributed by atoms with Gasteiger partial charge < -0.3 is 15.1 Å². The van der Waals surface area contributed by atoms with Crippen LogP contribution in [0.3, 0.4) is 0 Å². The van der Waals surface area contributed by atoms with Gasteiger partial charge in [-0.2, -0.15) is 0 Å². The maximum absolute atomic E-state index is 12.3. The summed E-state index contributed by atoms with van der Waals surface area (Å²) in [6.45, 7) is 1.95. The van der Waals surface area contributed by atoms with Crippen molar-refractivity contribution in [2.75, 3.05) is 17.2 Å². The number of carbonyl (C=O) groups excluding carboxylic acids is 1. The molecule has 4 rings (SSSR count). The van der Waals surface area contributed by atoms with Crippen molar-refractivity contribution in [2.24, 2.45) is 0 Å². The maximum atomic E-state index is 12.3. The number of hydrogen-bond acceptors (Lipinski definition) is 4. The molecular weight excluding hydrogens is 340 g/mol. The monoisotopic (exact) mass is 358 g/mol. The highest BCUT2D eigenvalue weighted by atomic mass is 16.4. The van der Waals surface area contributed by atoms with E-state index >= 15 is 0 Å². The Kier molecular flexibility index (Phi) is 4.34. The number of carbonyl (C=O) groups is 1. The normalized spacial score (nSPS) is 10.9. The third kappa shape index (κ3) is 3.53. The largest absolute Gasteiger partial charge is 0.421 e. The summed E-state index contributed by atoms with van der Waals surface area (Å²) in [7, 11) is 0. The Balaban J connectivity index is 1.54. The standard InChI is InChI=1S/C22H18N2O3/c1-14-6-10-17(11-7-14)24-20(25)13-23-19-12-16-9-8-15-4-2-3-5-18(15)21(16)27-22(19)26/h2-12,23H,13H2,1H3,(H,24,25). The van der Waals surface area contributed by atoms with E-state index in [1.54, 1.807) is 6.07 Å². The van der Waals surface area contributed by atoms with Crippen LogP contribution < -0.4 is 16.3 Å². The quantitative estimate of drug-likeness (QED) is 0.421. The van der Waals surface area contributed by atoms with Crippen LogP contribution in [-0.4, -0.2) is 12.5 Å². The van der Waals surface area contributed by atoms with Gasteiger partial charge in [0.25, 0.3) is 0 Å². The predicted molar refractivity (Wildman–Crippen MR) is 108 cm³/mol. The number of amides is 1. The fourth-order valence-corrected chi connectivity index (χ4v) is 2.99. The van der Waals surface area contributed by atoms with Crippen LogP contribution in [0.15, 0.2) is 75.9 Å². The van der Waals surface area contributed by atoms with Crippen molar-refractivity contribution in [1.29, 1.82) is 0 Å². The van der Waals surface area contributed by atoms with E-state index in [0.29, 0.717) is 11.3 Å². The second kappa shape index (κ2) is 6.96. The topological polar surface area (TPSA) is 71.3 Å². The van der Waals surface area contributed by atoms with Gasteiger partial charge in [-0.05, 0) is 30.5 Å². The molecule has 0 fully saturated rings. The molecule has 0 unspecified atom stereocenters. The Morgan fingerprint density at radius 1 is 0.963 bits per heavy atom. The molecule has 27 heavy (non-hydrogen) atoms. The highest BCUT2D eigenvalue weighted by Gasteiger charge is 2.10. The Hall–Kier alpha value is -3.60. The molecule has 5 nitrogen and oxygen atoms in total. The molecule has 0 atom stereocenters. The second-order valence-corrected chi connectivity index (χ2v) is 6.42. The summed E-state index contributed by atoms with van der Waals surface area (Å²) >= 11 is 0. The SMILES string of the molecule is Cc1ccc(NC(=O)CNc2cc3ccc4ccccc4c3oc2=O)cc1. The number of fused-ring (bicyclic) bond motifs is 3. The third-order valence-electron chi connectivity index (χ3n) is 4.40. The van der Waals surface area contributed by atoms with Crippen LogP contribution in [0.2, 0.25) is 0 Å². The zero-order valence-electron chi connectivity index (χ0n) is 14.8. The average Bonchev–Trinajstić information content (AvgIpc) is 2.68. The van der Waals surface area contributed by atoms with Crippen LogP contribution in [-0.2, 0) is 4.79 Å². The molecule has 0 saturated carbocycles. The molecule has 0 aliphatic heterocycles. The molecule has 3 aromatic carbocycles. The van der Waals surface area contributed by atoms with Crippen molar-refractivity contribution in [1.82, 2.24) is 0 Å². The Bertz CT molecular complexity index is 1190. The zero-order valence-corrected chi connectivity index (χ0v) is 14.8. The Morgan fingerprint density at radius 3 is 2.52 bits per heavy atom. The van der Waals surface area contributed by atoms with E-state index < -0.39 is 5.63 Å². The van der Waals surface area contributed by atoms with E-state index in [0.717, 1.165) is 21.7 Å². The van der Waals surface area contributed by atoms with Crippen LogP contribution in [0, 0.1) is 6.92 Å². The van der Waals surface area contributed by atoms with Crippen molar-refractivity contribution in [2.45, 2.75) is 6.92 Å². The molecule has 0 radical (unpaired) electrons. The predicted octanol–water partition coefficient (Wildman–Crippen LogP) is 4.31. The van der Waals surface area contributed by atoms with Crippen LogP contribution in [0.25, 0.3) is 21.7 Å². The Morgan fingerprint density at radius 2 is 1.70 bits per heavy atom. The minimum absolute atomic E-state index is 0.0300. The van der Waals surface area contributed by atoms with E-state index in [4.69, 9.17) is 4.42 Å². The van der Waals surface area contributed by atoms with Crippen molar-refractivity contribution in [3.63, 3.8) is 0 Å². The summed E-state index contributed by atoms with van der Waals surface area (Å²) in [4.78, 5) is 24.4. The Labute approximate surface area is 155 Å². The number of benzene rings is 3. The fourth-order valence-electron chi connectivity index (χ4n) is 2.99. The van der Waals surface area contributed by atoms with Gasteiger partial charge in [0.05, 0.1) is 6.54 Å². The first-order valence-electron chi connectivity index (χ1n) is 8.66. The van der Waals surface area contributed by atoms with Gasteiger partial charge in [-0.25, -0.2) is 4.79 Å². The molecule has 0 aliphatic carbocycles. The van der Waals surface area contributed by atoms with Crippen molar-refractivity contribution >= 4 is 39.0 Å². The summed E-state index contributed by atoms with van der Waals surface area (Å²) in [6.07, 6.45) is 0. The van der Waals surface area contributed by atoms with Gasteiger partial charge in [0, 0.05) is 16.5 Å². The molecule has 4 aromatic rings. The van der Waals surface area contributed by atoms with Crippen molar-refractivity contribution in [3.05, 3.63) is 82.7 Å². The molecule has 0 bridgehead atoms. The number of anilines is 2. The number of aryl methyl sites for hydroxylation is 1. The van der Waals surface area contributed by atoms with Crippen LogP contribution >= 0.6 is 0 Å². The molecular formula is C22H18N2O3. The number of nitrogens with one attached hydrogen (secondary N) is 2. The van der Waals surface area contributed by atoms with E-state index in [2.05, 4.69) is 10.6 Å². The molecule has 2 N–H and O–H groups in total. The highest BCUT2D eigenvalue weighted by molar-refractivity contribution is 6.04. The van der Waals surface area contributed by atoms with E-state index in [-0.39, 0.29) is 18.1 Å². The summed E-state index contributed by atoms with van der Waals surface area (Å²) in [5, 5.41) is 8.34. The first kappa shape index (κ1) is 16.8. The molecule has 5 heteroatoms. The van der Waals surface area contributed by atoms with E-state index in [1.165, 1.54) is 0 Å². The van der Waals surface area contributed by atoms with Crippen molar-refractivity contribution in [3.8, 4) is 0 Å². The lowest BCUT2D eigenvalue weighted by molar-refractivity contribution is -0.114. The van der Waals surface area contributed by atoms with E-state index in [1.807, 2.05) is 67.6 Å². The lowest BCUT2D eigenvalue weighted by atomic mass is 10.1. The molecule has 134 valence electrons. The zero-order chi connectivity index (χ0) is 18.8. The van der Waals surface area contributed by atoms with Crippen LogP contribution in [0.1, 0.15) is 5.56 Å². The molecule has 0 saturated heterocycles. The second-order valence-electron chi connectivity index (χ2n) is 6.42. The summed E-state index contributed by atoms with van der Waals surface area (Å²) in [5.74, 6) is -0.239. The van der Waals surface area contributed by atoms with Crippen LogP contribution in [0.5, 0.6) is 0 Å². The summed E-state index contributed by atoms with van der Waals surface area (Å²) in [5.41, 5.74) is 2.14. The van der Waals surface area contributed by atoms with Gasteiger partial charge >= 0.3 is 5.63 Å². The first-order chi connectivity index (χ1) is 13.1. The smallest absolute Gasteiger partial charge is 0.359 e. The van der Waals surface area contributed by atoms with Crippen molar-refractivity contribution < 1.29 is 9.21 Å². The fraction of sp³-hybridized carbons (Fsp3) is 0.0909. The van der Waals surface area contributed by atoms with Gasteiger partial charge in [-0.3, -0.25) is 4.79 Å². The molecule has 1 aromatic heterocycles. The van der Waals surface area contributed by atoms with Gasteiger partial charge in [0.15, 0.2) is 0 Å². The van der Waals surface area contributed by atoms with Gasteiger partial charge in [-0.15, -0.1) is 0 Å². The first-order valence-corrected chi connectivity index (χ1v) is 8.66. The maximum Gasteiger partial charge on any atom is 0.359 e. The molecule has 1 heterocycles. The van der Waals surface area contributed by atoms with Gasteiger partial charge in [0.2, 0.25) is 5.91 Å². The molecule has 0 spiro atoms. The lowest BCUT2D eigenvalue weighted by Crippen LogP contribution is -2.24. The minimum Gasteiger partial charge on any atom is -0.421 e. The third-order valence-corrected chi connectivity index (χ3v) is 4.40. The summed E-state index contributed by atoms with van der Waals surface area (Å²) in [6, 6.07) is 20.8. The minimum atomic E-state index is -0.498. The summed E-state index contributed by atoms with van der Waals surface area (Å²) < 4.78 is 5.52. The number of rotatable bonds is 4. The average molecular weight is 358 g/mol. The lowest BCUT2D eigenvalue weighted by Gasteiger charge is -2.08.